The molecule has 1 aromatic rings. The van der Waals surface area contributed by atoms with Gasteiger partial charge in [0.2, 0.25) is 10.0 Å². The van der Waals surface area contributed by atoms with Crippen molar-refractivity contribution in [2.24, 2.45) is 0 Å². The summed E-state index contributed by atoms with van der Waals surface area (Å²) in [4.78, 5) is 0.279. The predicted molar refractivity (Wildman–Crippen MR) is 74.9 cm³/mol. The number of nitrogens with one attached hydrogen (secondary N) is 1. The van der Waals surface area contributed by atoms with Crippen molar-refractivity contribution in [1.29, 1.82) is 0 Å². The van der Waals surface area contributed by atoms with Gasteiger partial charge < -0.3 is 5.11 Å². The number of benzene rings is 1. The van der Waals surface area contributed by atoms with Crippen molar-refractivity contribution < 1.29 is 13.5 Å². The van der Waals surface area contributed by atoms with Crippen LogP contribution in [0.15, 0.2) is 33.6 Å². The van der Waals surface area contributed by atoms with Crippen LogP contribution in [-0.2, 0) is 10.0 Å². The van der Waals surface area contributed by atoms with Gasteiger partial charge in [-0.15, -0.1) is 0 Å². The van der Waals surface area contributed by atoms with Crippen molar-refractivity contribution in [3.05, 3.63) is 28.7 Å². The largest absolute Gasteiger partial charge is 0.396 e. The lowest BCUT2D eigenvalue weighted by molar-refractivity contribution is 0.282. The molecule has 0 atom stereocenters. The predicted octanol–water partition coefficient (Wildman–Crippen LogP) is 2.28. The summed E-state index contributed by atoms with van der Waals surface area (Å²) in [5.41, 5.74) is 0. The fourth-order valence-corrected chi connectivity index (χ4v) is 2.83. The fraction of sp³-hybridized carbons (Fsp3) is 0.500. The second-order valence-corrected chi connectivity index (χ2v) is 6.67. The highest BCUT2D eigenvalue weighted by molar-refractivity contribution is 9.10. The van der Waals surface area contributed by atoms with Crippen molar-refractivity contribution in [2.75, 3.05) is 13.2 Å². The minimum Gasteiger partial charge on any atom is -0.396 e. The number of hydrogen-bond donors (Lipinski definition) is 2. The van der Waals surface area contributed by atoms with Crippen molar-refractivity contribution in [3.8, 4) is 0 Å². The molecule has 0 aliphatic carbocycles. The van der Waals surface area contributed by atoms with Gasteiger partial charge in [-0.25, -0.2) is 13.1 Å². The Morgan fingerprint density at radius 3 is 2.28 bits per heavy atom. The van der Waals surface area contributed by atoms with E-state index in [1.165, 1.54) is 0 Å². The quantitative estimate of drug-likeness (QED) is 0.716. The van der Waals surface area contributed by atoms with Crippen LogP contribution >= 0.6 is 15.9 Å². The average Bonchev–Trinajstić information content (AvgIpc) is 2.34. The van der Waals surface area contributed by atoms with E-state index in [2.05, 4.69) is 20.7 Å². The molecule has 2 N–H and O–H groups in total. The summed E-state index contributed by atoms with van der Waals surface area (Å²) >= 11 is 3.26. The van der Waals surface area contributed by atoms with Crippen LogP contribution in [0, 0.1) is 0 Å². The summed E-state index contributed by atoms with van der Waals surface area (Å²) in [5, 5.41) is 8.61. The van der Waals surface area contributed by atoms with Crippen molar-refractivity contribution >= 4 is 26.0 Å². The van der Waals surface area contributed by atoms with E-state index in [1.807, 2.05) is 0 Å². The second kappa shape index (κ2) is 7.89. The van der Waals surface area contributed by atoms with Crippen molar-refractivity contribution in [3.63, 3.8) is 0 Å². The fourth-order valence-electron chi connectivity index (χ4n) is 1.49. The lowest BCUT2D eigenvalue weighted by Crippen LogP contribution is -2.24. The van der Waals surface area contributed by atoms with E-state index in [-0.39, 0.29) is 11.5 Å². The van der Waals surface area contributed by atoms with E-state index in [0.717, 1.165) is 30.2 Å². The van der Waals surface area contributed by atoms with Crippen LogP contribution < -0.4 is 4.72 Å². The molecule has 4 nitrogen and oxygen atoms in total. The van der Waals surface area contributed by atoms with Crippen LogP contribution in [0.1, 0.15) is 25.7 Å². The zero-order valence-corrected chi connectivity index (χ0v) is 12.5. The summed E-state index contributed by atoms with van der Waals surface area (Å²) in [5.74, 6) is 0. The first-order chi connectivity index (χ1) is 8.56. The number of aliphatic hydroxyl groups excluding tert-OH is 1. The number of sulfonamides is 1. The van der Waals surface area contributed by atoms with Gasteiger partial charge in [0.1, 0.15) is 0 Å². The topological polar surface area (TPSA) is 66.4 Å². The molecule has 0 radical (unpaired) electrons. The lowest BCUT2D eigenvalue weighted by Gasteiger charge is -2.06. The zero-order chi connectivity index (χ0) is 13.4. The Labute approximate surface area is 117 Å². The minimum absolute atomic E-state index is 0.199. The van der Waals surface area contributed by atoms with Gasteiger partial charge >= 0.3 is 0 Å². The van der Waals surface area contributed by atoms with Gasteiger partial charge in [-0.3, -0.25) is 0 Å². The number of aliphatic hydroxyl groups is 1. The highest BCUT2D eigenvalue weighted by atomic mass is 79.9. The van der Waals surface area contributed by atoms with Gasteiger partial charge in [0.25, 0.3) is 0 Å². The Morgan fingerprint density at radius 2 is 1.67 bits per heavy atom. The Kier molecular flexibility index (Phi) is 6.85. The number of rotatable bonds is 8. The highest BCUT2D eigenvalue weighted by Gasteiger charge is 2.12. The molecule has 0 heterocycles. The molecule has 0 saturated heterocycles. The van der Waals surface area contributed by atoms with Gasteiger partial charge in [-0.05, 0) is 37.1 Å². The number of hydrogen-bond acceptors (Lipinski definition) is 3. The first-order valence-corrected chi connectivity index (χ1v) is 8.20. The molecular formula is C12H18BrNO3S. The Balaban J connectivity index is 2.38. The molecule has 0 aliphatic heterocycles. The van der Waals surface area contributed by atoms with E-state index in [9.17, 15) is 8.42 Å². The monoisotopic (exact) mass is 335 g/mol. The smallest absolute Gasteiger partial charge is 0.240 e. The SMILES string of the molecule is O=S(=O)(NCCCCCCO)c1ccc(Br)cc1. The zero-order valence-electron chi connectivity index (χ0n) is 10.1. The third kappa shape index (κ3) is 5.48. The molecule has 0 bridgehead atoms. The summed E-state index contributed by atoms with van der Waals surface area (Å²) in [6.45, 7) is 0.633. The molecule has 18 heavy (non-hydrogen) atoms. The van der Waals surface area contributed by atoms with E-state index >= 15 is 0 Å². The van der Waals surface area contributed by atoms with Gasteiger partial charge in [-0.1, -0.05) is 28.8 Å². The van der Waals surface area contributed by atoms with Crippen molar-refractivity contribution in [1.82, 2.24) is 4.72 Å². The first-order valence-electron chi connectivity index (χ1n) is 5.92. The van der Waals surface area contributed by atoms with Crippen LogP contribution in [0.4, 0.5) is 0 Å². The maximum absolute atomic E-state index is 11.9. The van der Waals surface area contributed by atoms with E-state index in [0.29, 0.717) is 6.54 Å². The van der Waals surface area contributed by atoms with Gasteiger partial charge in [-0.2, -0.15) is 0 Å². The molecule has 0 amide bonds. The standard InChI is InChI=1S/C12H18BrNO3S/c13-11-5-7-12(8-6-11)18(16,17)14-9-3-1-2-4-10-15/h5-8,14-15H,1-4,9-10H2. The van der Waals surface area contributed by atoms with Crippen LogP contribution in [0.5, 0.6) is 0 Å². The first kappa shape index (κ1) is 15.6. The van der Waals surface area contributed by atoms with E-state index in [1.54, 1.807) is 24.3 Å². The molecule has 0 aliphatic rings. The number of halogens is 1. The molecule has 0 unspecified atom stereocenters. The third-order valence-electron chi connectivity index (χ3n) is 2.50. The maximum atomic E-state index is 11.9. The van der Waals surface area contributed by atoms with Crippen molar-refractivity contribution in [2.45, 2.75) is 30.6 Å². The van der Waals surface area contributed by atoms with Gasteiger partial charge in [0.15, 0.2) is 0 Å². The minimum atomic E-state index is -3.39. The Bertz CT molecular complexity index is 445. The summed E-state index contributed by atoms with van der Waals surface area (Å²) in [6.07, 6.45) is 3.41. The molecule has 102 valence electrons. The molecule has 6 heteroatoms. The third-order valence-corrected chi connectivity index (χ3v) is 4.51. The summed E-state index contributed by atoms with van der Waals surface area (Å²) in [7, 11) is -3.39. The van der Waals surface area contributed by atoms with E-state index in [4.69, 9.17) is 5.11 Å². The van der Waals surface area contributed by atoms with Crippen LogP contribution in [-0.4, -0.2) is 26.7 Å². The lowest BCUT2D eigenvalue weighted by atomic mass is 10.2. The molecular weight excluding hydrogens is 318 g/mol. The Hall–Kier alpha value is -0.430. The van der Waals surface area contributed by atoms with Crippen LogP contribution in [0.2, 0.25) is 0 Å². The average molecular weight is 336 g/mol. The van der Waals surface area contributed by atoms with Gasteiger partial charge in [0.05, 0.1) is 4.90 Å². The molecule has 0 fully saturated rings. The maximum Gasteiger partial charge on any atom is 0.240 e. The molecule has 1 rings (SSSR count). The highest BCUT2D eigenvalue weighted by Crippen LogP contribution is 2.14. The van der Waals surface area contributed by atoms with Crippen LogP contribution in [0.3, 0.4) is 0 Å². The molecule has 0 aromatic heterocycles. The molecule has 0 saturated carbocycles. The Morgan fingerprint density at radius 1 is 1.06 bits per heavy atom. The summed E-state index contributed by atoms with van der Waals surface area (Å²) < 4.78 is 27.2. The second-order valence-electron chi connectivity index (χ2n) is 3.99. The molecule has 1 aromatic carbocycles. The molecule has 0 spiro atoms. The van der Waals surface area contributed by atoms with E-state index < -0.39 is 10.0 Å². The normalized spacial score (nSPS) is 11.7. The van der Waals surface area contributed by atoms with Gasteiger partial charge in [0, 0.05) is 17.6 Å². The number of unbranched alkanes of at least 4 members (excludes halogenated alkanes) is 3. The van der Waals surface area contributed by atoms with Crippen LogP contribution in [0.25, 0.3) is 0 Å². The summed E-state index contributed by atoms with van der Waals surface area (Å²) in [6, 6.07) is 6.54.